The fourth-order valence-electron chi connectivity index (χ4n) is 2.65. The molecule has 0 spiro atoms. The predicted octanol–water partition coefficient (Wildman–Crippen LogP) is 2.88. The number of benzene rings is 1. The third-order valence-electron chi connectivity index (χ3n) is 3.59. The Morgan fingerprint density at radius 2 is 2.33 bits per heavy atom. The number of aryl methyl sites for hydroxylation is 1. The number of halogens is 1. The van der Waals surface area contributed by atoms with Crippen LogP contribution in [0.15, 0.2) is 28.9 Å². The van der Waals surface area contributed by atoms with Crippen LogP contribution in [0.3, 0.4) is 0 Å². The summed E-state index contributed by atoms with van der Waals surface area (Å²) >= 11 is 3.47. The molecule has 1 saturated heterocycles. The van der Waals surface area contributed by atoms with E-state index in [1.807, 2.05) is 36.0 Å². The summed E-state index contributed by atoms with van der Waals surface area (Å²) < 4.78 is 3.05. The summed E-state index contributed by atoms with van der Waals surface area (Å²) in [5.41, 5.74) is 1.92. The number of carbonyl (C=O) groups is 1. The number of rotatable bonds is 2. The summed E-state index contributed by atoms with van der Waals surface area (Å²) in [4.78, 5) is 12.5. The lowest BCUT2D eigenvalue weighted by Gasteiger charge is -2.07. The van der Waals surface area contributed by atoms with Gasteiger partial charge in [-0.15, -0.1) is 0 Å². The maximum atomic E-state index is 12.5. The van der Waals surface area contributed by atoms with Gasteiger partial charge in [0.2, 0.25) is 0 Å². The van der Waals surface area contributed by atoms with Gasteiger partial charge in [0.1, 0.15) is 0 Å². The summed E-state index contributed by atoms with van der Waals surface area (Å²) in [5, 5.41) is 4.31. The number of Topliss-reactive ketones (excluding diaryl/α,β-unsaturated/α-hetero) is 1. The Morgan fingerprint density at radius 1 is 1.50 bits per heavy atom. The first-order chi connectivity index (χ1) is 8.66. The third kappa shape index (κ3) is 1.89. The molecule has 1 aliphatic rings. The lowest BCUT2D eigenvalue weighted by molar-refractivity contribution is 0.0954. The Balaban J connectivity index is 2.09. The van der Waals surface area contributed by atoms with Crippen LogP contribution in [0.2, 0.25) is 0 Å². The van der Waals surface area contributed by atoms with Gasteiger partial charge >= 0.3 is 0 Å². The molecule has 1 N–H and O–H groups in total. The van der Waals surface area contributed by atoms with Gasteiger partial charge < -0.3 is 9.88 Å². The van der Waals surface area contributed by atoms with Crippen molar-refractivity contribution in [3.8, 4) is 0 Å². The smallest absolute Gasteiger partial charge is 0.181 e. The minimum absolute atomic E-state index is 0.000697. The molecule has 4 heteroatoms. The summed E-state index contributed by atoms with van der Waals surface area (Å²) in [6, 6.07) is 6.05. The van der Waals surface area contributed by atoms with Crippen molar-refractivity contribution < 1.29 is 4.79 Å². The Labute approximate surface area is 114 Å². The molecule has 1 fully saturated rings. The van der Waals surface area contributed by atoms with Crippen LogP contribution in [0, 0.1) is 0 Å². The van der Waals surface area contributed by atoms with Gasteiger partial charge in [-0.2, -0.15) is 0 Å². The van der Waals surface area contributed by atoms with E-state index in [-0.39, 0.29) is 11.8 Å². The van der Waals surface area contributed by atoms with Crippen LogP contribution in [0.25, 0.3) is 10.9 Å². The highest BCUT2D eigenvalue weighted by molar-refractivity contribution is 9.10. The van der Waals surface area contributed by atoms with Gasteiger partial charge in [-0.1, -0.05) is 22.0 Å². The molecular formula is C14H15BrN2O. The van der Waals surface area contributed by atoms with Crippen LogP contribution in [-0.2, 0) is 7.05 Å². The van der Waals surface area contributed by atoms with E-state index in [2.05, 4.69) is 21.2 Å². The molecule has 2 aromatic rings. The second-order valence-electron chi connectivity index (χ2n) is 4.83. The molecule has 1 aliphatic heterocycles. The number of carbonyl (C=O) groups excluding carboxylic acids is 1. The SMILES string of the molecule is Cn1cc(C(=O)C2CCCN2)c2ccc(Br)cc21. The van der Waals surface area contributed by atoms with Gasteiger partial charge in [-0.3, -0.25) is 4.79 Å². The Kier molecular flexibility index (Phi) is 2.99. The zero-order valence-corrected chi connectivity index (χ0v) is 11.8. The third-order valence-corrected chi connectivity index (χ3v) is 4.09. The summed E-state index contributed by atoms with van der Waals surface area (Å²) in [6.07, 6.45) is 3.98. The molecule has 1 unspecified atom stereocenters. The normalized spacial score (nSPS) is 19.6. The highest BCUT2D eigenvalue weighted by Gasteiger charge is 2.25. The molecule has 2 heterocycles. The van der Waals surface area contributed by atoms with Gasteiger partial charge in [0.15, 0.2) is 5.78 Å². The summed E-state index contributed by atoms with van der Waals surface area (Å²) in [5.74, 6) is 0.223. The van der Waals surface area contributed by atoms with Crippen LogP contribution in [0.4, 0.5) is 0 Å². The fraction of sp³-hybridized carbons (Fsp3) is 0.357. The van der Waals surface area contributed by atoms with Crippen molar-refractivity contribution in [3.05, 3.63) is 34.4 Å². The minimum atomic E-state index is -0.000697. The van der Waals surface area contributed by atoms with E-state index in [1.54, 1.807) is 0 Å². The van der Waals surface area contributed by atoms with E-state index in [9.17, 15) is 4.79 Å². The van der Waals surface area contributed by atoms with E-state index >= 15 is 0 Å². The summed E-state index contributed by atoms with van der Waals surface area (Å²) in [7, 11) is 1.98. The van der Waals surface area contributed by atoms with Gasteiger partial charge in [-0.25, -0.2) is 0 Å². The average molecular weight is 307 g/mol. The van der Waals surface area contributed by atoms with Crippen LogP contribution >= 0.6 is 15.9 Å². The lowest BCUT2D eigenvalue weighted by Crippen LogP contribution is -2.30. The number of nitrogens with zero attached hydrogens (tertiary/aromatic N) is 1. The quantitative estimate of drug-likeness (QED) is 0.866. The Hall–Kier alpha value is -1.13. The van der Waals surface area contributed by atoms with E-state index in [1.165, 1.54) is 0 Å². The Morgan fingerprint density at radius 3 is 3.06 bits per heavy atom. The van der Waals surface area contributed by atoms with Gasteiger partial charge in [0.25, 0.3) is 0 Å². The highest BCUT2D eigenvalue weighted by atomic mass is 79.9. The topological polar surface area (TPSA) is 34.0 Å². The molecule has 0 bridgehead atoms. The second-order valence-corrected chi connectivity index (χ2v) is 5.74. The minimum Gasteiger partial charge on any atom is -0.350 e. The van der Waals surface area contributed by atoms with Gasteiger partial charge in [0, 0.05) is 34.2 Å². The fourth-order valence-corrected chi connectivity index (χ4v) is 3.00. The monoisotopic (exact) mass is 306 g/mol. The maximum absolute atomic E-state index is 12.5. The van der Waals surface area contributed by atoms with Crippen molar-refractivity contribution in [2.24, 2.45) is 7.05 Å². The molecule has 0 radical (unpaired) electrons. The van der Waals surface area contributed by atoms with Gasteiger partial charge in [-0.05, 0) is 31.5 Å². The molecule has 3 rings (SSSR count). The lowest BCUT2D eigenvalue weighted by atomic mass is 10.0. The Bertz CT molecular complexity index is 612. The molecule has 18 heavy (non-hydrogen) atoms. The second kappa shape index (κ2) is 4.52. The van der Waals surface area contributed by atoms with Crippen molar-refractivity contribution in [3.63, 3.8) is 0 Å². The number of ketones is 1. The van der Waals surface area contributed by atoms with E-state index in [0.717, 1.165) is 40.3 Å². The first-order valence-electron chi connectivity index (χ1n) is 6.19. The largest absolute Gasteiger partial charge is 0.350 e. The van der Waals surface area contributed by atoms with Crippen LogP contribution < -0.4 is 5.32 Å². The molecule has 3 nitrogen and oxygen atoms in total. The zero-order valence-electron chi connectivity index (χ0n) is 10.2. The molecule has 1 aromatic carbocycles. The maximum Gasteiger partial charge on any atom is 0.181 e. The van der Waals surface area contributed by atoms with Gasteiger partial charge in [0.05, 0.1) is 6.04 Å². The van der Waals surface area contributed by atoms with Crippen LogP contribution in [0.5, 0.6) is 0 Å². The zero-order chi connectivity index (χ0) is 12.7. The van der Waals surface area contributed by atoms with Crippen molar-refractivity contribution in [2.45, 2.75) is 18.9 Å². The molecule has 0 saturated carbocycles. The number of fused-ring (bicyclic) bond motifs is 1. The van der Waals surface area contributed by atoms with E-state index < -0.39 is 0 Å². The molecule has 0 aliphatic carbocycles. The summed E-state index contributed by atoms with van der Waals surface area (Å²) in [6.45, 7) is 0.951. The average Bonchev–Trinajstić information content (AvgIpc) is 2.97. The molecular weight excluding hydrogens is 292 g/mol. The standard InChI is InChI=1S/C14H15BrN2O/c1-17-8-11(14(18)12-3-2-6-16-12)10-5-4-9(15)7-13(10)17/h4-5,7-8,12,16H,2-3,6H2,1H3. The number of hydrogen-bond acceptors (Lipinski definition) is 2. The van der Waals surface area contributed by atoms with Crippen molar-refractivity contribution in [1.29, 1.82) is 0 Å². The first kappa shape index (κ1) is 11.9. The molecule has 94 valence electrons. The van der Waals surface area contributed by atoms with Crippen LogP contribution in [0.1, 0.15) is 23.2 Å². The van der Waals surface area contributed by atoms with Crippen molar-refractivity contribution in [2.75, 3.05) is 6.54 Å². The first-order valence-corrected chi connectivity index (χ1v) is 6.98. The predicted molar refractivity (Wildman–Crippen MR) is 76.0 cm³/mol. The molecule has 1 aromatic heterocycles. The number of hydrogen-bond donors (Lipinski definition) is 1. The number of aromatic nitrogens is 1. The van der Waals surface area contributed by atoms with E-state index in [0.29, 0.717) is 0 Å². The highest BCUT2D eigenvalue weighted by Crippen LogP contribution is 2.26. The van der Waals surface area contributed by atoms with E-state index in [4.69, 9.17) is 0 Å². The van der Waals surface area contributed by atoms with Crippen molar-refractivity contribution >= 4 is 32.6 Å². The van der Waals surface area contributed by atoms with Crippen LogP contribution in [-0.4, -0.2) is 22.9 Å². The van der Waals surface area contributed by atoms with Crippen molar-refractivity contribution in [1.82, 2.24) is 9.88 Å². The molecule has 0 amide bonds. The number of nitrogens with one attached hydrogen (secondary N) is 1. The molecule has 1 atom stereocenters.